The number of ether oxygens (including phenoxy) is 1. The fraction of sp³-hybridized carbons (Fsp3) is 0.385. The molecule has 1 fully saturated rings. The van der Waals surface area contributed by atoms with Crippen LogP contribution in [0.2, 0.25) is 0 Å². The Hall–Kier alpha value is -2.12. The predicted octanol–water partition coefficient (Wildman–Crippen LogP) is 2.18. The van der Waals surface area contributed by atoms with Gasteiger partial charge in [0.1, 0.15) is 6.54 Å². The fourth-order valence-corrected chi connectivity index (χ4v) is 2.02. The molecule has 114 valence electrons. The summed E-state index contributed by atoms with van der Waals surface area (Å²) in [5.41, 5.74) is -0.200. The van der Waals surface area contributed by atoms with Crippen LogP contribution in [0.3, 0.4) is 0 Å². The van der Waals surface area contributed by atoms with E-state index < -0.39 is 42.5 Å². The lowest BCUT2D eigenvalue weighted by Crippen LogP contribution is -2.33. The molecule has 1 atom stereocenters. The Balaban J connectivity index is 2.22. The first-order valence-corrected chi connectivity index (χ1v) is 6.04. The van der Waals surface area contributed by atoms with Crippen LogP contribution >= 0.6 is 0 Å². The average molecular weight is 304 g/mol. The minimum atomic E-state index is -3.10. The quantitative estimate of drug-likeness (QED) is 0.488. The van der Waals surface area contributed by atoms with Crippen molar-refractivity contribution in [2.45, 2.75) is 18.4 Å². The molecule has 0 N–H and O–H groups in total. The van der Waals surface area contributed by atoms with E-state index in [0.717, 1.165) is 24.4 Å². The molecular weight excluding hydrogens is 292 g/mol. The van der Waals surface area contributed by atoms with Crippen LogP contribution in [0.1, 0.15) is 12.0 Å². The summed E-state index contributed by atoms with van der Waals surface area (Å²) >= 11 is 0. The zero-order chi connectivity index (χ0) is 15.6. The van der Waals surface area contributed by atoms with Crippen molar-refractivity contribution < 1.29 is 27.1 Å². The van der Waals surface area contributed by atoms with Gasteiger partial charge in [0, 0.05) is 12.0 Å². The SMILES string of the molecule is COC(=O)[C@@H]1CC(F)(F)CN1/N=C/c1cccc(F)c1F. The van der Waals surface area contributed by atoms with E-state index in [1.807, 2.05) is 0 Å². The molecule has 1 aliphatic rings. The van der Waals surface area contributed by atoms with Gasteiger partial charge >= 0.3 is 5.97 Å². The number of carbonyl (C=O) groups excluding carboxylic acids is 1. The number of alkyl halides is 2. The predicted molar refractivity (Wildman–Crippen MR) is 66.0 cm³/mol. The molecule has 1 aromatic carbocycles. The van der Waals surface area contributed by atoms with Gasteiger partial charge in [0.05, 0.1) is 13.3 Å². The van der Waals surface area contributed by atoms with Gasteiger partial charge in [-0.05, 0) is 6.07 Å². The average Bonchev–Trinajstić information content (AvgIpc) is 2.75. The summed E-state index contributed by atoms with van der Waals surface area (Å²) in [4.78, 5) is 11.4. The molecule has 1 aromatic rings. The van der Waals surface area contributed by atoms with Crippen molar-refractivity contribution in [1.29, 1.82) is 0 Å². The van der Waals surface area contributed by atoms with E-state index in [4.69, 9.17) is 0 Å². The highest BCUT2D eigenvalue weighted by atomic mass is 19.3. The smallest absolute Gasteiger partial charge is 0.330 e. The van der Waals surface area contributed by atoms with E-state index in [-0.39, 0.29) is 5.56 Å². The van der Waals surface area contributed by atoms with Crippen molar-refractivity contribution in [3.05, 3.63) is 35.4 Å². The Labute approximate surface area is 118 Å². The number of esters is 1. The second-order valence-corrected chi connectivity index (χ2v) is 4.58. The lowest BCUT2D eigenvalue weighted by molar-refractivity contribution is -0.146. The number of rotatable bonds is 3. The maximum Gasteiger partial charge on any atom is 0.330 e. The highest BCUT2D eigenvalue weighted by molar-refractivity contribution is 5.80. The van der Waals surface area contributed by atoms with E-state index in [9.17, 15) is 22.4 Å². The lowest BCUT2D eigenvalue weighted by atomic mass is 10.2. The normalized spacial score (nSPS) is 21.0. The first-order chi connectivity index (χ1) is 9.84. The van der Waals surface area contributed by atoms with Gasteiger partial charge in [-0.1, -0.05) is 12.1 Å². The zero-order valence-corrected chi connectivity index (χ0v) is 11.0. The largest absolute Gasteiger partial charge is 0.467 e. The molecule has 1 aliphatic heterocycles. The Morgan fingerprint density at radius 1 is 1.48 bits per heavy atom. The van der Waals surface area contributed by atoms with Gasteiger partial charge in [0.25, 0.3) is 5.92 Å². The first kappa shape index (κ1) is 15.3. The first-order valence-electron chi connectivity index (χ1n) is 6.04. The number of methoxy groups -OCH3 is 1. The maximum atomic E-state index is 13.4. The maximum absolute atomic E-state index is 13.4. The Bertz CT molecular complexity index is 577. The van der Waals surface area contributed by atoms with Crippen molar-refractivity contribution in [2.75, 3.05) is 13.7 Å². The van der Waals surface area contributed by atoms with Gasteiger partial charge in [0.15, 0.2) is 17.7 Å². The molecule has 0 saturated carbocycles. The van der Waals surface area contributed by atoms with Gasteiger partial charge in [-0.3, -0.25) is 5.01 Å². The molecule has 1 heterocycles. The Morgan fingerprint density at radius 2 is 2.19 bits per heavy atom. The minimum absolute atomic E-state index is 0.200. The van der Waals surface area contributed by atoms with Crippen LogP contribution in [0.4, 0.5) is 17.6 Å². The van der Waals surface area contributed by atoms with Crippen molar-refractivity contribution >= 4 is 12.2 Å². The molecule has 0 aromatic heterocycles. The molecule has 21 heavy (non-hydrogen) atoms. The summed E-state index contributed by atoms with van der Waals surface area (Å²) in [6.45, 7) is -0.791. The molecule has 0 amide bonds. The van der Waals surface area contributed by atoms with Gasteiger partial charge in [-0.2, -0.15) is 5.10 Å². The number of hydrogen-bond acceptors (Lipinski definition) is 4. The van der Waals surface area contributed by atoms with Crippen LogP contribution in [0, 0.1) is 11.6 Å². The second kappa shape index (κ2) is 5.71. The standard InChI is InChI=1S/C13H12F4N2O2/c1-21-12(20)10-5-13(16,17)7-19(10)18-6-8-3-2-4-9(14)11(8)15/h2-4,6,10H,5,7H2,1H3/b18-6+/t10-/m0/s1. The zero-order valence-electron chi connectivity index (χ0n) is 11.0. The minimum Gasteiger partial charge on any atom is -0.467 e. The topological polar surface area (TPSA) is 41.9 Å². The van der Waals surface area contributed by atoms with Crippen LogP contribution in [-0.4, -0.2) is 42.8 Å². The number of hydrazone groups is 1. The highest BCUT2D eigenvalue weighted by Crippen LogP contribution is 2.32. The summed E-state index contributed by atoms with van der Waals surface area (Å²) < 4.78 is 57.6. The van der Waals surface area contributed by atoms with Crippen LogP contribution in [-0.2, 0) is 9.53 Å². The molecule has 0 aliphatic carbocycles. The van der Waals surface area contributed by atoms with E-state index in [1.165, 1.54) is 12.1 Å². The molecule has 2 rings (SSSR count). The number of nitrogens with zero attached hydrogens (tertiary/aromatic N) is 2. The molecule has 0 radical (unpaired) electrons. The lowest BCUT2D eigenvalue weighted by Gasteiger charge is -2.17. The summed E-state index contributed by atoms with van der Waals surface area (Å²) in [6, 6.07) is 2.17. The van der Waals surface area contributed by atoms with Crippen molar-refractivity contribution in [1.82, 2.24) is 5.01 Å². The highest BCUT2D eigenvalue weighted by Gasteiger charge is 2.48. The Morgan fingerprint density at radius 3 is 2.86 bits per heavy atom. The summed E-state index contributed by atoms with van der Waals surface area (Å²) in [6.07, 6.45) is 0.165. The summed E-state index contributed by atoms with van der Waals surface area (Å²) in [5.74, 6) is -6.17. The molecule has 1 saturated heterocycles. The monoisotopic (exact) mass is 304 g/mol. The van der Waals surface area contributed by atoms with E-state index in [0.29, 0.717) is 0 Å². The van der Waals surface area contributed by atoms with Crippen LogP contribution in [0.25, 0.3) is 0 Å². The van der Waals surface area contributed by atoms with Gasteiger partial charge in [0.2, 0.25) is 0 Å². The molecular formula is C13H12F4N2O2. The van der Waals surface area contributed by atoms with Crippen LogP contribution < -0.4 is 0 Å². The number of carbonyl (C=O) groups is 1. The summed E-state index contributed by atoms with van der Waals surface area (Å²) in [7, 11) is 1.08. The number of halogens is 4. The fourth-order valence-electron chi connectivity index (χ4n) is 2.02. The van der Waals surface area contributed by atoms with Crippen molar-refractivity contribution in [2.24, 2.45) is 5.10 Å². The van der Waals surface area contributed by atoms with Crippen LogP contribution in [0.15, 0.2) is 23.3 Å². The summed E-state index contributed by atoms with van der Waals surface area (Å²) in [5, 5.41) is 4.48. The molecule has 4 nitrogen and oxygen atoms in total. The van der Waals surface area contributed by atoms with Gasteiger partial charge < -0.3 is 4.74 Å². The van der Waals surface area contributed by atoms with Gasteiger partial charge in [-0.25, -0.2) is 22.4 Å². The van der Waals surface area contributed by atoms with Gasteiger partial charge in [-0.15, -0.1) is 0 Å². The molecule has 0 spiro atoms. The third-order valence-electron chi connectivity index (χ3n) is 3.04. The molecule has 0 unspecified atom stereocenters. The van der Waals surface area contributed by atoms with Crippen molar-refractivity contribution in [3.8, 4) is 0 Å². The number of benzene rings is 1. The van der Waals surface area contributed by atoms with Crippen LogP contribution in [0.5, 0.6) is 0 Å². The molecule has 8 heteroatoms. The van der Waals surface area contributed by atoms with Crippen molar-refractivity contribution in [3.63, 3.8) is 0 Å². The third-order valence-corrected chi connectivity index (χ3v) is 3.04. The van der Waals surface area contributed by atoms with E-state index in [1.54, 1.807) is 0 Å². The van der Waals surface area contributed by atoms with E-state index >= 15 is 0 Å². The number of hydrogen-bond donors (Lipinski definition) is 0. The van der Waals surface area contributed by atoms with E-state index in [2.05, 4.69) is 9.84 Å². The third kappa shape index (κ3) is 3.32. The Kier molecular flexibility index (Phi) is 4.15. The second-order valence-electron chi connectivity index (χ2n) is 4.58. The molecule has 0 bridgehead atoms.